The summed E-state index contributed by atoms with van der Waals surface area (Å²) in [6.07, 6.45) is 2.27. The van der Waals surface area contributed by atoms with Gasteiger partial charge in [-0.05, 0) is 43.5 Å². The van der Waals surface area contributed by atoms with Gasteiger partial charge in [-0.25, -0.2) is 5.43 Å². The first kappa shape index (κ1) is 13.9. The molecule has 1 aliphatic heterocycles. The minimum Gasteiger partial charge on any atom is -0.303 e. The average molecular weight is 278 g/mol. The predicted octanol–water partition coefficient (Wildman–Crippen LogP) is 4.30. The molecule has 1 heterocycles. The van der Waals surface area contributed by atoms with Crippen molar-refractivity contribution in [2.75, 3.05) is 0 Å². The maximum absolute atomic E-state index is 3.61. The fourth-order valence-electron chi connectivity index (χ4n) is 2.65. The van der Waals surface area contributed by atoms with Gasteiger partial charge in [-0.15, -0.1) is 0 Å². The van der Waals surface area contributed by atoms with Gasteiger partial charge in [0.1, 0.15) is 0 Å². The summed E-state index contributed by atoms with van der Waals surface area (Å²) in [5, 5.41) is 2.26. The molecule has 2 heteroatoms. The van der Waals surface area contributed by atoms with E-state index in [9.17, 15) is 0 Å². The van der Waals surface area contributed by atoms with Gasteiger partial charge in [0.05, 0.1) is 12.2 Å². The van der Waals surface area contributed by atoms with Crippen molar-refractivity contribution in [2.24, 2.45) is 0 Å². The summed E-state index contributed by atoms with van der Waals surface area (Å²) < 4.78 is 0. The van der Waals surface area contributed by atoms with E-state index in [1.807, 2.05) is 0 Å². The molecule has 2 nitrogen and oxygen atoms in total. The highest BCUT2D eigenvalue weighted by atomic mass is 15.5. The number of nitrogens with zero attached hydrogens (tertiary/aromatic N) is 1. The van der Waals surface area contributed by atoms with Gasteiger partial charge < -0.3 is 5.01 Å². The van der Waals surface area contributed by atoms with Crippen LogP contribution in [0.2, 0.25) is 0 Å². The van der Waals surface area contributed by atoms with Crippen LogP contribution in [0, 0.1) is 0 Å². The van der Waals surface area contributed by atoms with Gasteiger partial charge >= 0.3 is 0 Å². The molecule has 0 saturated carbocycles. The van der Waals surface area contributed by atoms with Crippen molar-refractivity contribution in [1.82, 2.24) is 10.4 Å². The summed E-state index contributed by atoms with van der Waals surface area (Å²) in [5.74, 6) is 0. The Morgan fingerprint density at radius 3 is 2.29 bits per heavy atom. The molecular weight excluding hydrogens is 256 g/mol. The highest BCUT2D eigenvalue weighted by Gasteiger charge is 2.22. The van der Waals surface area contributed by atoms with Crippen molar-refractivity contribution >= 4 is 11.8 Å². The van der Waals surface area contributed by atoms with E-state index in [2.05, 4.69) is 91.9 Å². The lowest BCUT2D eigenvalue weighted by molar-refractivity contribution is 0.194. The zero-order valence-electron chi connectivity index (χ0n) is 12.9. The molecule has 2 aromatic rings. The summed E-state index contributed by atoms with van der Waals surface area (Å²) in [4.78, 5) is 0. The molecule has 1 N–H and O–H groups in total. The van der Waals surface area contributed by atoms with Crippen molar-refractivity contribution in [3.05, 3.63) is 71.3 Å². The van der Waals surface area contributed by atoms with Gasteiger partial charge in [0, 0.05) is 5.54 Å². The van der Waals surface area contributed by atoms with Crippen LogP contribution >= 0.6 is 0 Å². The molecule has 0 bridgehead atoms. The van der Waals surface area contributed by atoms with E-state index in [-0.39, 0.29) is 5.54 Å². The summed E-state index contributed by atoms with van der Waals surface area (Å²) in [7, 11) is 0. The third kappa shape index (κ3) is 3.17. The van der Waals surface area contributed by atoms with Crippen molar-refractivity contribution in [1.29, 1.82) is 0 Å². The van der Waals surface area contributed by atoms with Crippen molar-refractivity contribution in [3.63, 3.8) is 0 Å². The molecule has 0 saturated heterocycles. The highest BCUT2D eigenvalue weighted by molar-refractivity contribution is 5.82. The Balaban J connectivity index is 2.04. The number of fused-ring (bicyclic) bond motifs is 1. The molecule has 0 fully saturated rings. The second-order valence-corrected chi connectivity index (χ2v) is 6.54. The summed E-state index contributed by atoms with van der Waals surface area (Å²) in [5.41, 5.74) is 8.77. The first-order valence-corrected chi connectivity index (χ1v) is 7.43. The first-order valence-electron chi connectivity index (χ1n) is 7.43. The number of rotatable bonds is 2. The molecule has 0 atom stereocenters. The number of hydrogen-bond acceptors (Lipinski definition) is 2. The van der Waals surface area contributed by atoms with Gasteiger partial charge in [-0.1, -0.05) is 54.6 Å². The molecule has 0 aliphatic carbocycles. The van der Waals surface area contributed by atoms with Crippen LogP contribution in [0.1, 0.15) is 37.5 Å². The third-order valence-corrected chi connectivity index (χ3v) is 3.51. The Labute approximate surface area is 127 Å². The number of hydrazine groups is 1. The van der Waals surface area contributed by atoms with Crippen LogP contribution in [0.5, 0.6) is 0 Å². The molecule has 0 unspecified atom stereocenters. The van der Waals surface area contributed by atoms with Crippen LogP contribution in [-0.4, -0.2) is 10.5 Å². The summed E-state index contributed by atoms with van der Waals surface area (Å²) in [6, 6.07) is 19.2. The second-order valence-electron chi connectivity index (χ2n) is 6.54. The van der Waals surface area contributed by atoms with Gasteiger partial charge in [0.15, 0.2) is 0 Å². The lowest BCUT2D eigenvalue weighted by atomic mass is 9.99. The van der Waals surface area contributed by atoms with Crippen molar-refractivity contribution < 1.29 is 0 Å². The topological polar surface area (TPSA) is 15.3 Å². The molecule has 108 valence electrons. The van der Waals surface area contributed by atoms with E-state index >= 15 is 0 Å². The number of hydrogen-bond donors (Lipinski definition) is 1. The third-order valence-electron chi connectivity index (χ3n) is 3.51. The smallest absolute Gasteiger partial charge is 0.0602 e. The lowest BCUT2D eigenvalue weighted by Gasteiger charge is -2.37. The standard InChI is InChI=1S/C19H22N2/c1-19(2,3)20-21-14-17-12-8-7-11-16(17)13-18(21)15-9-5-4-6-10-15/h4-13,20H,14H2,1-3H3. The van der Waals surface area contributed by atoms with Gasteiger partial charge in [-0.2, -0.15) is 0 Å². The Morgan fingerprint density at radius 2 is 1.57 bits per heavy atom. The average Bonchev–Trinajstić information content (AvgIpc) is 2.46. The molecule has 21 heavy (non-hydrogen) atoms. The number of nitrogens with one attached hydrogen (secondary N) is 1. The maximum atomic E-state index is 3.61. The van der Waals surface area contributed by atoms with E-state index in [1.165, 1.54) is 22.4 Å². The zero-order valence-corrected chi connectivity index (χ0v) is 12.9. The Kier molecular flexibility index (Phi) is 3.56. The molecule has 0 spiro atoms. The van der Waals surface area contributed by atoms with Crippen LogP contribution in [0.3, 0.4) is 0 Å². The van der Waals surface area contributed by atoms with Crippen molar-refractivity contribution in [2.45, 2.75) is 32.9 Å². The largest absolute Gasteiger partial charge is 0.303 e. The maximum Gasteiger partial charge on any atom is 0.0602 e. The predicted molar refractivity (Wildman–Crippen MR) is 89.2 cm³/mol. The minimum absolute atomic E-state index is 0.0279. The molecule has 0 radical (unpaired) electrons. The van der Waals surface area contributed by atoms with E-state index in [4.69, 9.17) is 0 Å². The zero-order chi connectivity index (χ0) is 14.9. The fourth-order valence-corrected chi connectivity index (χ4v) is 2.65. The van der Waals surface area contributed by atoms with Crippen LogP contribution in [-0.2, 0) is 6.54 Å². The minimum atomic E-state index is 0.0279. The molecule has 0 aromatic heterocycles. The molecule has 0 amide bonds. The Bertz CT molecular complexity index is 651. The fraction of sp³-hybridized carbons (Fsp3) is 0.263. The lowest BCUT2D eigenvalue weighted by Crippen LogP contribution is -2.48. The molecular formula is C19H22N2. The SMILES string of the molecule is CC(C)(C)NN1Cc2ccccc2C=C1c1ccccc1. The monoisotopic (exact) mass is 278 g/mol. The Hall–Kier alpha value is -2.06. The van der Waals surface area contributed by atoms with Crippen molar-refractivity contribution in [3.8, 4) is 0 Å². The van der Waals surface area contributed by atoms with E-state index in [0.29, 0.717) is 0 Å². The van der Waals surface area contributed by atoms with Crippen LogP contribution in [0.15, 0.2) is 54.6 Å². The summed E-state index contributed by atoms with van der Waals surface area (Å²) >= 11 is 0. The van der Waals surface area contributed by atoms with Crippen LogP contribution < -0.4 is 5.43 Å². The Morgan fingerprint density at radius 1 is 0.905 bits per heavy atom. The van der Waals surface area contributed by atoms with Crippen LogP contribution in [0.4, 0.5) is 0 Å². The molecule has 3 rings (SSSR count). The number of benzene rings is 2. The van der Waals surface area contributed by atoms with E-state index in [0.717, 1.165) is 6.54 Å². The molecule has 2 aromatic carbocycles. The van der Waals surface area contributed by atoms with E-state index < -0.39 is 0 Å². The van der Waals surface area contributed by atoms with Crippen LogP contribution in [0.25, 0.3) is 11.8 Å². The summed E-state index contributed by atoms with van der Waals surface area (Å²) in [6.45, 7) is 7.45. The quantitative estimate of drug-likeness (QED) is 0.881. The van der Waals surface area contributed by atoms with E-state index in [1.54, 1.807) is 0 Å². The first-order chi connectivity index (χ1) is 10.0. The van der Waals surface area contributed by atoms with Gasteiger partial charge in [0.25, 0.3) is 0 Å². The van der Waals surface area contributed by atoms with Gasteiger partial charge in [0.2, 0.25) is 0 Å². The normalized spacial score (nSPS) is 14.6. The highest BCUT2D eigenvalue weighted by Crippen LogP contribution is 2.30. The van der Waals surface area contributed by atoms with Gasteiger partial charge in [-0.3, -0.25) is 0 Å². The second kappa shape index (κ2) is 5.38. The molecule has 1 aliphatic rings.